The smallest absolute Gasteiger partial charge is 0.237 e. The number of piperidine rings is 1. The molecule has 26 heavy (non-hydrogen) atoms. The molecule has 3 rings (SSSR count). The predicted octanol–water partition coefficient (Wildman–Crippen LogP) is 0.577. The molecule has 1 N–H and O–H groups in total. The van der Waals surface area contributed by atoms with Gasteiger partial charge < -0.3 is 9.80 Å². The molecule has 0 radical (unpaired) electrons. The summed E-state index contributed by atoms with van der Waals surface area (Å²) in [7, 11) is -3.37. The highest BCUT2D eigenvalue weighted by molar-refractivity contribution is 7.88. The first-order valence-electron chi connectivity index (χ1n) is 8.81. The topological polar surface area (TPSA) is 86.8 Å². The zero-order chi connectivity index (χ0) is 18.8. The van der Waals surface area contributed by atoms with Crippen molar-refractivity contribution in [1.29, 1.82) is 0 Å². The summed E-state index contributed by atoms with van der Waals surface area (Å²) < 4.78 is 24.5. The molecule has 1 spiro atoms. The molecule has 0 atom stereocenters. The number of nitrogens with zero attached hydrogens (tertiary/aromatic N) is 2. The van der Waals surface area contributed by atoms with Crippen molar-refractivity contribution in [2.24, 2.45) is 5.41 Å². The fourth-order valence-corrected chi connectivity index (χ4v) is 4.19. The van der Waals surface area contributed by atoms with E-state index in [4.69, 9.17) is 0 Å². The highest BCUT2D eigenvalue weighted by Crippen LogP contribution is 2.41. The Bertz CT molecular complexity index is 771. The Morgan fingerprint density at radius 3 is 2.46 bits per heavy atom. The van der Waals surface area contributed by atoms with Gasteiger partial charge in [-0.1, -0.05) is 30.3 Å². The van der Waals surface area contributed by atoms with Crippen LogP contribution in [0.5, 0.6) is 0 Å². The Morgan fingerprint density at radius 1 is 1.19 bits per heavy atom. The lowest BCUT2D eigenvalue weighted by atomic mass is 9.77. The molecule has 2 fully saturated rings. The molecule has 142 valence electrons. The van der Waals surface area contributed by atoms with Crippen molar-refractivity contribution < 1.29 is 18.0 Å². The van der Waals surface area contributed by atoms with Gasteiger partial charge in [-0.25, -0.2) is 13.1 Å². The number of amides is 2. The number of sulfonamides is 1. The summed E-state index contributed by atoms with van der Waals surface area (Å²) in [5.74, 6) is -0.0388. The Hall–Kier alpha value is -1.93. The minimum Gasteiger partial charge on any atom is -0.342 e. The Balaban J connectivity index is 1.54. The van der Waals surface area contributed by atoms with Crippen molar-refractivity contribution in [3.05, 3.63) is 35.9 Å². The average Bonchev–Trinajstić information content (AvgIpc) is 2.89. The van der Waals surface area contributed by atoms with E-state index in [9.17, 15) is 18.0 Å². The van der Waals surface area contributed by atoms with E-state index in [0.717, 1.165) is 31.2 Å². The van der Waals surface area contributed by atoms with Gasteiger partial charge >= 0.3 is 0 Å². The summed E-state index contributed by atoms with van der Waals surface area (Å²) in [5.41, 5.74) is 1.06. The quantitative estimate of drug-likeness (QED) is 0.811. The Morgan fingerprint density at radius 2 is 1.85 bits per heavy atom. The van der Waals surface area contributed by atoms with Crippen LogP contribution in [0, 0.1) is 5.41 Å². The highest BCUT2D eigenvalue weighted by atomic mass is 32.2. The van der Waals surface area contributed by atoms with Crippen molar-refractivity contribution >= 4 is 21.8 Å². The van der Waals surface area contributed by atoms with Crippen molar-refractivity contribution in [3.63, 3.8) is 0 Å². The molecule has 7 nitrogen and oxygen atoms in total. The van der Waals surface area contributed by atoms with Crippen LogP contribution < -0.4 is 4.72 Å². The fourth-order valence-electron chi connectivity index (χ4n) is 3.80. The number of benzene rings is 1. The van der Waals surface area contributed by atoms with E-state index >= 15 is 0 Å². The normalized spacial score (nSPS) is 20.0. The maximum Gasteiger partial charge on any atom is 0.237 e. The second kappa shape index (κ2) is 7.36. The summed E-state index contributed by atoms with van der Waals surface area (Å²) in [6.07, 6.45) is 3.11. The minimum atomic E-state index is -3.37. The second-order valence-corrected chi connectivity index (χ2v) is 9.22. The van der Waals surface area contributed by atoms with Crippen molar-refractivity contribution in [3.8, 4) is 0 Å². The minimum absolute atomic E-state index is 0.0626. The first-order chi connectivity index (χ1) is 12.3. The van der Waals surface area contributed by atoms with Gasteiger partial charge in [0.2, 0.25) is 21.8 Å². The zero-order valence-corrected chi connectivity index (χ0v) is 15.8. The van der Waals surface area contributed by atoms with E-state index in [1.807, 2.05) is 35.2 Å². The van der Waals surface area contributed by atoms with Gasteiger partial charge in [-0.15, -0.1) is 0 Å². The summed E-state index contributed by atoms with van der Waals surface area (Å²) in [5, 5.41) is 0. The maximum atomic E-state index is 12.4. The maximum absolute atomic E-state index is 12.4. The second-order valence-electron chi connectivity index (χ2n) is 7.39. The standard InChI is InChI=1S/C18H25N3O4S/c1-26(24,25)19-12-17(23)20-9-7-18(8-10-20)11-16(22)21(14-18)13-15-5-3-2-4-6-15/h2-6,19H,7-14H2,1H3. The molecule has 0 bridgehead atoms. The van der Waals surface area contributed by atoms with Gasteiger partial charge in [0, 0.05) is 38.0 Å². The Labute approximate surface area is 154 Å². The van der Waals surface area contributed by atoms with Gasteiger partial charge in [0.05, 0.1) is 12.8 Å². The van der Waals surface area contributed by atoms with Crippen LogP contribution in [0.4, 0.5) is 0 Å². The van der Waals surface area contributed by atoms with Crippen LogP contribution >= 0.6 is 0 Å². The van der Waals surface area contributed by atoms with Crippen LogP contribution in [0.3, 0.4) is 0 Å². The number of carbonyl (C=O) groups is 2. The number of nitrogens with one attached hydrogen (secondary N) is 1. The lowest BCUT2D eigenvalue weighted by Crippen LogP contribution is -2.47. The molecule has 1 aromatic rings. The van der Waals surface area contributed by atoms with E-state index in [0.29, 0.717) is 26.1 Å². The molecular weight excluding hydrogens is 354 g/mol. The predicted molar refractivity (Wildman–Crippen MR) is 97.6 cm³/mol. The van der Waals surface area contributed by atoms with Gasteiger partial charge in [0.15, 0.2) is 0 Å². The molecular formula is C18H25N3O4S. The SMILES string of the molecule is CS(=O)(=O)NCC(=O)N1CCC2(CC1)CC(=O)N(Cc1ccccc1)C2. The molecule has 2 heterocycles. The lowest BCUT2D eigenvalue weighted by molar-refractivity contribution is -0.132. The van der Waals surface area contributed by atoms with Crippen LogP contribution in [0.15, 0.2) is 30.3 Å². The average molecular weight is 379 g/mol. The lowest BCUT2D eigenvalue weighted by Gasteiger charge is -2.38. The fraction of sp³-hybridized carbons (Fsp3) is 0.556. The largest absolute Gasteiger partial charge is 0.342 e. The highest BCUT2D eigenvalue weighted by Gasteiger charge is 2.45. The summed E-state index contributed by atoms with van der Waals surface area (Å²) in [6.45, 7) is 2.28. The number of likely N-dealkylation sites (tertiary alicyclic amines) is 2. The van der Waals surface area contributed by atoms with Gasteiger partial charge in [0.25, 0.3) is 0 Å². The number of hydrogen-bond donors (Lipinski definition) is 1. The molecule has 0 aromatic heterocycles. The van der Waals surface area contributed by atoms with E-state index in [-0.39, 0.29) is 23.8 Å². The van der Waals surface area contributed by atoms with Crippen LogP contribution in [-0.4, -0.2) is 62.5 Å². The van der Waals surface area contributed by atoms with E-state index in [1.165, 1.54) is 0 Å². The zero-order valence-electron chi connectivity index (χ0n) is 15.0. The van der Waals surface area contributed by atoms with Gasteiger partial charge in [-0.05, 0) is 18.4 Å². The van der Waals surface area contributed by atoms with E-state index in [2.05, 4.69) is 4.72 Å². The monoisotopic (exact) mass is 379 g/mol. The van der Waals surface area contributed by atoms with Crippen LogP contribution in [0.2, 0.25) is 0 Å². The van der Waals surface area contributed by atoms with Crippen molar-refractivity contribution in [2.75, 3.05) is 32.4 Å². The molecule has 2 aliphatic heterocycles. The molecule has 2 saturated heterocycles. The third kappa shape index (κ3) is 4.62. The van der Waals surface area contributed by atoms with Crippen molar-refractivity contribution in [2.45, 2.75) is 25.8 Å². The number of carbonyl (C=O) groups excluding carboxylic acids is 2. The molecule has 0 aliphatic carbocycles. The molecule has 0 unspecified atom stereocenters. The van der Waals surface area contributed by atoms with Crippen LogP contribution in [0.25, 0.3) is 0 Å². The summed E-state index contributed by atoms with van der Waals surface area (Å²) in [6, 6.07) is 9.95. The van der Waals surface area contributed by atoms with E-state index < -0.39 is 10.0 Å². The molecule has 1 aromatic carbocycles. The molecule has 2 aliphatic rings. The van der Waals surface area contributed by atoms with Gasteiger partial charge in [0.1, 0.15) is 0 Å². The molecule has 2 amide bonds. The Kier molecular flexibility index (Phi) is 5.34. The van der Waals surface area contributed by atoms with Crippen LogP contribution in [-0.2, 0) is 26.2 Å². The number of hydrogen-bond acceptors (Lipinski definition) is 4. The van der Waals surface area contributed by atoms with Gasteiger partial charge in [-0.3, -0.25) is 9.59 Å². The summed E-state index contributed by atoms with van der Waals surface area (Å²) in [4.78, 5) is 28.2. The molecule has 8 heteroatoms. The number of rotatable bonds is 5. The summed E-state index contributed by atoms with van der Waals surface area (Å²) >= 11 is 0. The molecule has 0 saturated carbocycles. The third-order valence-corrected chi connectivity index (χ3v) is 5.95. The van der Waals surface area contributed by atoms with Gasteiger partial charge in [-0.2, -0.15) is 0 Å². The third-order valence-electron chi connectivity index (χ3n) is 5.28. The first-order valence-corrected chi connectivity index (χ1v) is 10.7. The van der Waals surface area contributed by atoms with Crippen molar-refractivity contribution in [1.82, 2.24) is 14.5 Å². The van der Waals surface area contributed by atoms with E-state index in [1.54, 1.807) is 4.90 Å². The van der Waals surface area contributed by atoms with Crippen LogP contribution in [0.1, 0.15) is 24.8 Å². The first kappa shape index (κ1) is 18.8.